The van der Waals surface area contributed by atoms with E-state index in [4.69, 9.17) is 16.2 Å². The second-order valence-electron chi connectivity index (χ2n) is 4.62. The number of carbonyl (C=O) groups is 1. The van der Waals surface area contributed by atoms with Gasteiger partial charge in [-0.1, -0.05) is 12.1 Å². The number of aryl methyl sites for hydroxylation is 1. The molecule has 0 bridgehead atoms. The third-order valence-corrected chi connectivity index (χ3v) is 2.82. The monoisotopic (exact) mass is 254 g/mol. The van der Waals surface area contributed by atoms with E-state index < -0.39 is 11.4 Å². The molecular weight excluding hydrogens is 235 g/mol. The molecule has 0 aromatic heterocycles. The number of hydrogen-bond donors (Lipinski definition) is 2. The Morgan fingerprint density at radius 1 is 1.50 bits per heavy atom. The zero-order chi connectivity index (χ0) is 13.8. The van der Waals surface area contributed by atoms with Crippen LogP contribution in [-0.2, 0) is 4.79 Å². The molecule has 1 rings (SSSR count). The van der Waals surface area contributed by atoms with E-state index in [9.17, 15) is 9.18 Å². The molecule has 100 valence electrons. The molecule has 1 atom stereocenters. The van der Waals surface area contributed by atoms with Crippen molar-refractivity contribution >= 4 is 5.91 Å². The maximum atomic E-state index is 13.6. The molecule has 0 aliphatic rings. The molecule has 0 radical (unpaired) electrons. The quantitative estimate of drug-likeness (QED) is 0.755. The molecule has 18 heavy (non-hydrogen) atoms. The zero-order valence-corrected chi connectivity index (χ0v) is 10.7. The Hall–Kier alpha value is -1.62. The molecule has 5 heteroatoms. The van der Waals surface area contributed by atoms with Gasteiger partial charge in [0.1, 0.15) is 0 Å². The molecule has 0 saturated heterocycles. The van der Waals surface area contributed by atoms with Crippen molar-refractivity contribution in [3.05, 3.63) is 29.6 Å². The number of carbonyl (C=O) groups excluding carboxylic acids is 1. The molecule has 4 nitrogen and oxygen atoms in total. The molecule has 0 fully saturated rings. The lowest BCUT2D eigenvalue weighted by molar-refractivity contribution is -0.122. The van der Waals surface area contributed by atoms with Gasteiger partial charge < -0.3 is 16.2 Å². The highest BCUT2D eigenvalue weighted by atomic mass is 19.1. The van der Waals surface area contributed by atoms with E-state index >= 15 is 0 Å². The summed E-state index contributed by atoms with van der Waals surface area (Å²) in [6, 6.07) is 4.97. The third kappa shape index (κ3) is 3.70. The summed E-state index contributed by atoms with van der Waals surface area (Å²) >= 11 is 0. The summed E-state index contributed by atoms with van der Waals surface area (Å²) < 4.78 is 18.9. The van der Waals surface area contributed by atoms with Crippen molar-refractivity contribution in [3.63, 3.8) is 0 Å². The molecule has 1 aromatic rings. The predicted molar refractivity (Wildman–Crippen MR) is 67.7 cm³/mol. The normalized spacial score (nSPS) is 14.0. The van der Waals surface area contributed by atoms with E-state index in [1.54, 1.807) is 32.0 Å². The molecule has 1 unspecified atom stereocenters. The van der Waals surface area contributed by atoms with Gasteiger partial charge in [0.05, 0.1) is 12.1 Å². The first-order valence-electron chi connectivity index (χ1n) is 5.81. The molecule has 1 amide bonds. The van der Waals surface area contributed by atoms with Crippen LogP contribution in [-0.4, -0.2) is 18.1 Å². The number of ether oxygens (including phenoxy) is 1. The molecule has 0 saturated carbocycles. The number of benzene rings is 1. The number of amides is 1. The summed E-state index contributed by atoms with van der Waals surface area (Å²) in [5.41, 5.74) is 10.3. The number of primary amides is 1. The minimum absolute atomic E-state index is 0.216. The van der Waals surface area contributed by atoms with Gasteiger partial charge in [0.15, 0.2) is 11.6 Å². The van der Waals surface area contributed by atoms with Crippen molar-refractivity contribution in [2.45, 2.75) is 32.2 Å². The summed E-state index contributed by atoms with van der Waals surface area (Å²) in [6.45, 7) is 3.54. The average Bonchev–Trinajstić information content (AvgIpc) is 2.29. The van der Waals surface area contributed by atoms with Crippen LogP contribution in [0.3, 0.4) is 0 Å². The molecule has 0 spiro atoms. The standard InChI is InChI=1S/C13H19FN2O2/c1-9-5-3-6-10(11(9)14)18-8-4-7-13(2,16)12(15)17/h3,5-6H,4,7-8,16H2,1-2H3,(H2,15,17). The highest BCUT2D eigenvalue weighted by Crippen LogP contribution is 2.20. The van der Waals surface area contributed by atoms with Gasteiger partial charge in [0, 0.05) is 0 Å². The molecule has 0 aliphatic heterocycles. The summed E-state index contributed by atoms with van der Waals surface area (Å²) in [7, 11) is 0. The lowest BCUT2D eigenvalue weighted by Gasteiger charge is -2.20. The van der Waals surface area contributed by atoms with Gasteiger partial charge in [0.2, 0.25) is 5.91 Å². The van der Waals surface area contributed by atoms with Gasteiger partial charge >= 0.3 is 0 Å². The number of rotatable bonds is 6. The van der Waals surface area contributed by atoms with Crippen LogP contribution in [0.5, 0.6) is 5.75 Å². The van der Waals surface area contributed by atoms with E-state index in [1.165, 1.54) is 0 Å². The fourth-order valence-corrected chi connectivity index (χ4v) is 1.48. The van der Waals surface area contributed by atoms with Gasteiger partial charge in [0.25, 0.3) is 0 Å². The number of nitrogens with two attached hydrogens (primary N) is 2. The van der Waals surface area contributed by atoms with E-state index in [-0.39, 0.29) is 11.6 Å². The van der Waals surface area contributed by atoms with Crippen LogP contribution in [0, 0.1) is 12.7 Å². The fraction of sp³-hybridized carbons (Fsp3) is 0.462. The number of halogens is 1. The van der Waals surface area contributed by atoms with E-state index in [0.717, 1.165) is 0 Å². The Kier molecular flexibility index (Phi) is 4.67. The Labute approximate surface area is 106 Å². The Morgan fingerprint density at radius 2 is 2.17 bits per heavy atom. The van der Waals surface area contributed by atoms with Crippen molar-refractivity contribution in [2.24, 2.45) is 11.5 Å². The van der Waals surface area contributed by atoms with Crippen LogP contribution >= 0.6 is 0 Å². The molecule has 1 aromatic carbocycles. The first-order chi connectivity index (χ1) is 8.34. The third-order valence-electron chi connectivity index (χ3n) is 2.82. The summed E-state index contributed by atoms with van der Waals surface area (Å²) in [5.74, 6) is -0.694. The second kappa shape index (κ2) is 5.82. The highest BCUT2D eigenvalue weighted by molar-refractivity contribution is 5.83. The van der Waals surface area contributed by atoms with Crippen molar-refractivity contribution in [1.82, 2.24) is 0 Å². The molecule has 0 heterocycles. The molecular formula is C13H19FN2O2. The Morgan fingerprint density at radius 3 is 2.78 bits per heavy atom. The summed E-state index contributed by atoms with van der Waals surface area (Å²) in [4.78, 5) is 11.0. The maximum Gasteiger partial charge on any atom is 0.237 e. The average molecular weight is 254 g/mol. The van der Waals surface area contributed by atoms with E-state index in [1.807, 2.05) is 0 Å². The van der Waals surface area contributed by atoms with E-state index in [0.29, 0.717) is 25.0 Å². The van der Waals surface area contributed by atoms with Gasteiger partial charge in [-0.25, -0.2) is 4.39 Å². The largest absolute Gasteiger partial charge is 0.491 e. The van der Waals surface area contributed by atoms with Crippen LogP contribution in [0.15, 0.2) is 18.2 Å². The van der Waals surface area contributed by atoms with Gasteiger partial charge in [-0.15, -0.1) is 0 Å². The predicted octanol–water partition coefficient (Wildman–Crippen LogP) is 1.50. The van der Waals surface area contributed by atoms with Gasteiger partial charge in [-0.3, -0.25) is 4.79 Å². The Balaban J connectivity index is 2.43. The van der Waals surface area contributed by atoms with Crippen molar-refractivity contribution < 1.29 is 13.9 Å². The van der Waals surface area contributed by atoms with Gasteiger partial charge in [-0.2, -0.15) is 0 Å². The first-order valence-corrected chi connectivity index (χ1v) is 5.81. The highest BCUT2D eigenvalue weighted by Gasteiger charge is 2.24. The summed E-state index contributed by atoms with van der Waals surface area (Å²) in [6.07, 6.45) is 0.930. The topological polar surface area (TPSA) is 78.3 Å². The van der Waals surface area contributed by atoms with Crippen LogP contribution in [0.25, 0.3) is 0 Å². The van der Waals surface area contributed by atoms with E-state index in [2.05, 4.69) is 0 Å². The van der Waals surface area contributed by atoms with Crippen molar-refractivity contribution in [1.29, 1.82) is 0 Å². The smallest absolute Gasteiger partial charge is 0.237 e. The van der Waals surface area contributed by atoms with Crippen LogP contribution < -0.4 is 16.2 Å². The van der Waals surface area contributed by atoms with Gasteiger partial charge in [-0.05, 0) is 38.3 Å². The Bertz CT molecular complexity index is 433. The minimum Gasteiger partial charge on any atom is -0.491 e. The lowest BCUT2D eigenvalue weighted by Crippen LogP contribution is -2.49. The number of hydrogen-bond acceptors (Lipinski definition) is 3. The van der Waals surface area contributed by atoms with Crippen molar-refractivity contribution in [3.8, 4) is 5.75 Å². The second-order valence-corrected chi connectivity index (χ2v) is 4.62. The fourth-order valence-electron chi connectivity index (χ4n) is 1.48. The summed E-state index contributed by atoms with van der Waals surface area (Å²) in [5, 5.41) is 0. The van der Waals surface area contributed by atoms with Crippen LogP contribution in [0.2, 0.25) is 0 Å². The minimum atomic E-state index is -1.05. The zero-order valence-electron chi connectivity index (χ0n) is 10.7. The van der Waals surface area contributed by atoms with Crippen molar-refractivity contribution in [2.75, 3.05) is 6.61 Å². The lowest BCUT2D eigenvalue weighted by atomic mass is 9.97. The molecule has 0 aliphatic carbocycles. The maximum absolute atomic E-state index is 13.6. The SMILES string of the molecule is Cc1cccc(OCCCC(C)(N)C(N)=O)c1F. The molecule has 4 N–H and O–H groups in total. The first kappa shape index (κ1) is 14.4. The van der Waals surface area contributed by atoms with Crippen LogP contribution in [0.4, 0.5) is 4.39 Å². The van der Waals surface area contributed by atoms with Crippen LogP contribution in [0.1, 0.15) is 25.3 Å².